The molecule has 4 rings (SSSR count). The summed E-state index contributed by atoms with van der Waals surface area (Å²) in [5, 5.41) is 6.12. The number of ether oxygens (including phenoxy) is 3. The third-order valence-electron chi connectivity index (χ3n) is 6.03. The molecule has 9 nitrogen and oxygen atoms in total. The number of nitrogens with zero attached hydrogens (tertiary/aromatic N) is 3. The van der Waals surface area contributed by atoms with E-state index in [2.05, 4.69) is 25.5 Å². The Morgan fingerprint density at radius 3 is 2.58 bits per heavy atom. The molecule has 1 aromatic heterocycles. The first-order chi connectivity index (χ1) is 17.5. The normalized spacial score (nSPS) is 15.2. The molecule has 1 amide bonds. The number of carbonyl (C=O) groups is 1. The van der Waals surface area contributed by atoms with Gasteiger partial charge in [0.25, 0.3) is 0 Å². The first-order valence-electron chi connectivity index (χ1n) is 11.7. The number of carbonyl (C=O) groups excluding carboxylic acids is 1. The number of methoxy groups -OCH3 is 3. The second kappa shape index (κ2) is 11.6. The van der Waals surface area contributed by atoms with E-state index in [0.29, 0.717) is 42.0 Å². The number of rotatable bonds is 9. The lowest BCUT2D eigenvalue weighted by Crippen LogP contribution is -2.43. The maximum absolute atomic E-state index is 13.4. The number of aromatic nitrogens is 2. The number of benzene rings is 2. The molecule has 190 valence electrons. The summed E-state index contributed by atoms with van der Waals surface area (Å²) in [5.41, 5.74) is 1.41. The van der Waals surface area contributed by atoms with Crippen LogP contribution in [-0.2, 0) is 11.3 Å². The van der Waals surface area contributed by atoms with Crippen LogP contribution in [0.3, 0.4) is 0 Å². The third-order valence-corrected chi connectivity index (χ3v) is 6.03. The van der Waals surface area contributed by atoms with Crippen molar-refractivity contribution in [1.29, 1.82) is 0 Å². The number of nitrogens with one attached hydrogen (secondary N) is 2. The Morgan fingerprint density at radius 1 is 1.11 bits per heavy atom. The quantitative estimate of drug-likeness (QED) is 0.461. The molecule has 10 heteroatoms. The Morgan fingerprint density at radius 2 is 1.89 bits per heavy atom. The first-order valence-corrected chi connectivity index (χ1v) is 11.7. The molecule has 1 unspecified atom stereocenters. The summed E-state index contributed by atoms with van der Waals surface area (Å²) in [7, 11) is 4.66. The Balaban J connectivity index is 1.43. The summed E-state index contributed by atoms with van der Waals surface area (Å²) in [6.07, 6.45) is 3.32. The molecule has 0 saturated carbocycles. The van der Waals surface area contributed by atoms with Crippen LogP contribution < -0.4 is 29.7 Å². The fourth-order valence-corrected chi connectivity index (χ4v) is 4.25. The Kier molecular flexibility index (Phi) is 8.04. The van der Waals surface area contributed by atoms with Crippen LogP contribution in [-0.4, -0.2) is 50.3 Å². The van der Waals surface area contributed by atoms with E-state index in [9.17, 15) is 9.18 Å². The molecular weight excluding hydrogens is 465 g/mol. The fraction of sp³-hybridized carbons (Fsp3) is 0.346. The largest absolute Gasteiger partial charge is 0.493 e. The number of amides is 1. The molecule has 1 aliphatic rings. The molecule has 0 aliphatic carbocycles. The van der Waals surface area contributed by atoms with Crippen molar-refractivity contribution in [3.05, 3.63) is 60.0 Å². The lowest BCUT2D eigenvalue weighted by molar-refractivity contribution is -0.125. The highest BCUT2D eigenvalue weighted by Gasteiger charge is 2.26. The van der Waals surface area contributed by atoms with Gasteiger partial charge >= 0.3 is 0 Å². The van der Waals surface area contributed by atoms with E-state index < -0.39 is 0 Å². The van der Waals surface area contributed by atoms with Gasteiger partial charge in [-0.2, -0.15) is 4.98 Å². The second-order valence-corrected chi connectivity index (χ2v) is 8.41. The van der Waals surface area contributed by atoms with E-state index in [-0.39, 0.29) is 17.6 Å². The van der Waals surface area contributed by atoms with Gasteiger partial charge in [-0.1, -0.05) is 12.1 Å². The topological polar surface area (TPSA) is 97.8 Å². The van der Waals surface area contributed by atoms with Gasteiger partial charge in [-0.3, -0.25) is 4.79 Å². The van der Waals surface area contributed by atoms with Crippen molar-refractivity contribution in [2.24, 2.45) is 5.92 Å². The van der Waals surface area contributed by atoms with Gasteiger partial charge in [-0.15, -0.1) is 0 Å². The highest BCUT2D eigenvalue weighted by atomic mass is 19.1. The SMILES string of the molecule is COc1cc(Nc2nccc(N3CCCC(C(=O)NCc4cccc(F)c4)C3)n2)cc(OC)c1OC. The summed E-state index contributed by atoms with van der Waals surface area (Å²) >= 11 is 0. The van der Waals surface area contributed by atoms with Crippen molar-refractivity contribution in [1.82, 2.24) is 15.3 Å². The molecule has 1 saturated heterocycles. The maximum atomic E-state index is 13.4. The smallest absolute Gasteiger partial charge is 0.229 e. The average Bonchev–Trinajstić information content (AvgIpc) is 2.91. The summed E-state index contributed by atoms with van der Waals surface area (Å²) in [5.74, 6) is 2.10. The van der Waals surface area contributed by atoms with Crippen LogP contribution in [0.25, 0.3) is 0 Å². The molecular formula is C26H30FN5O4. The number of hydrogen-bond donors (Lipinski definition) is 2. The molecule has 1 atom stereocenters. The molecule has 2 heterocycles. The van der Waals surface area contributed by atoms with E-state index in [1.165, 1.54) is 12.1 Å². The van der Waals surface area contributed by atoms with Gasteiger partial charge < -0.3 is 29.7 Å². The standard InChI is InChI=1S/C26H30FN5O4/c1-34-21-13-20(14-22(35-2)24(21)36-3)30-26-28-10-9-23(31-26)32-11-5-7-18(16-32)25(33)29-15-17-6-4-8-19(27)12-17/h4,6,8-10,12-14,18H,5,7,11,15-16H2,1-3H3,(H,29,33)(H,28,30,31). The van der Waals surface area contributed by atoms with Crippen LogP contribution in [0.1, 0.15) is 18.4 Å². The molecule has 2 aromatic carbocycles. The van der Waals surface area contributed by atoms with Gasteiger partial charge in [-0.25, -0.2) is 9.37 Å². The highest BCUT2D eigenvalue weighted by Crippen LogP contribution is 2.40. The van der Waals surface area contributed by atoms with Gasteiger partial charge in [0, 0.05) is 43.7 Å². The Bertz CT molecular complexity index is 1180. The summed E-state index contributed by atoms with van der Waals surface area (Å²) in [6.45, 7) is 1.62. The van der Waals surface area contributed by atoms with Gasteiger partial charge in [0.2, 0.25) is 17.6 Å². The number of piperidine rings is 1. The van der Waals surface area contributed by atoms with Crippen LogP contribution in [0.2, 0.25) is 0 Å². The highest BCUT2D eigenvalue weighted by molar-refractivity contribution is 5.79. The minimum Gasteiger partial charge on any atom is -0.493 e. The van der Waals surface area contributed by atoms with E-state index in [1.807, 2.05) is 6.07 Å². The van der Waals surface area contributed by atoms with E-state index >= 15 is 0 Å². The van der Waals surface area contributed by atoms with Crippen LogP contribution >= 0.6 is 0 Å². The zero-order valence-electron chi connectivity index (χ0n) is 20.6. The minimum atomic E-state index is -0.315. The van der Waals surface area contributed by atoms with Crippen LogP contribution in [0.15, 0.2) is 48.7 Å². The van der Waals surface area contributed by atoms with E-state index in [4.69, 9.17) is 14.2 Å². The van der Waals surface area contributed by atoms with E-state index in [1.54, 1.807) is 51.8 Å². The van der Waals surface area contributed by atoms with Crippen molar-refractivity contribution in [2.75, 3.05) is 44.6 Å². The number of hydrogen-bond acceptors (Lipinski definition) is 8. The second-order valence-electron chi connectivity index (χ2n) is 8.41. The molecule has 36 heavy (non-hydrogen) atoms. The number of halogens is 1. The first kappa shape index (κ1) is 25.0. The van der Waals surface area contributed by atoms with Crippen molar-refractivity contribution < 1.29 is 23.4 Å². The predicted octanol–water partition coefficient (Wildman–Crippen LogP) is 3.92. The summed E-state index contributed by atoms with van der Waals surface area (Å²) in [4.78, 5) is 23.9. The predicted molar refractivity (Wildman–Crippen MR) is 135 cm³/mol. The van der Waals surface area contributed by atoms with Gasteiger partial charge in [0.1, 0.15) is 11.6 Å². The van der Waals surface area contributed by atoms with E-state index in [0.717, 1.165) is 30.8 Å². The molecule has 0 spiro atoms. The fourth-order valence-electron chi connectivity index (χ4n) is 4.25. The van der Waals surface area contributed by atoms with Gasteiger partial charge in [0.05, 0.1) is 27.2 Å². The van der Waals surface area contributed by atoms with Crippen LogP contribution in [0.5, 0.6) is 17.2 Å². The molecule has 1 fully saturated rings. The zero-order chi connectivity index (χ0) is 25.5. The maximum Gasteiger partial charge on any atom is 0.229 e. The average molecular weight is 496 g/mol. The van der Waals surface area contributed by atoms with Crippen LogP contribution in [0.4, 0.5) is 21.8 Å². The van der Waals surface area contributed by atoms with Crippen molar-refractivity contribution in [2.45, 2.75) is 19.4 Å². The Labute approximate surface area is 209 Å². The lowest BCUT2D eigenvalue weighted by atomic mass is 9.97. The van der Waals surface area contributed by atoms with Gasteiger partial charge in [-0.05, 0) is 36.6 Å². The minimum absolute atomic E-state index is 0.0474. The van der Waals surface area contributed by atoms with Crippen LogP contribution in [0, 0.1) is 11.7 Å². The Hall–Kier alpha value is -4.08. The number of anilines is 3. The van der Waals surface area contributed by atoms with Crippen molar-refractivity contribution in [3.8, 4) is 17.2 Å². The summed E-state index contributed by atoms with van der Waals surface area (Å²) in [6, 6.07) is 11.6. The molecule has 0 bridgehead atoms. The molecule has 1 aliphatic heterocycles. The molecule has 2 N–H and O–H groups in total. The lowest BCUT2D eigenvalue weighted by Gasteiger charge is -2.33. The van der Waals surface area contributed by atoms with Crippen molar-refractivity contribution >= 4 is 23.4 Å². The monoisotopic (exact) mass is 495 g/mol. The molecule has 0 radical (unpaired) electrons. The summed E-state index contributed by atoms with van der Waals surface area (Å²) < 4.78 is 29.6. The molecule has 3 aromatic rings. The van der Waals surface area contributed by atoms with Gasteiger partial charge in [0.15, 0.2) is 11.5 Å². The third kappa shape index (κ3) is 5.94. The van der Waals surface area contributed by atoms with Crippen molar-refractivity contribution in [3.63, 3.8) is 0 Å². The zero-order valence-corrected chi connectivity index (χ0v) is 20.6.